The number of rotatable bonds is 7. The predicted molar refractivity (Wildman–Crippen MR) is 81.6 cm³/mol. The molecule has 0 unspecified atom stereocenters. The number of allylic oxidation sites excluding steroid dienone is 5. The number of unbranched alkanes of at least 4 members (excludes halogenated alkanes) is 2. The van der Waals surface area contributed by atoms with Gasteiger partial charge in [0, 0.05) is 19.3 Å². The van der Waals surface area contributed by atoms with Gasteiger partial charge < -0.3 is 4.90 Å². The molecule has 0 fully saturated rings. The molecule has 1 aliphatic rings. The van der Waals surface area contributed by atoms with Crippen LogP contribution >= 0.6 is 0 Å². The first-order chi connectivity index (χ1) is 8.72. The second-order valence-electron chi connectivity index (χ2n) is 5.14. The zero-order valence-corrected chi connectivity index (χ0v) is 12.6. The molecule has 18 heavy (non-hydrogen) atoms. The van der Waals surface area contributed by atoms with E-state index in [4.69, 9.17) is 0 Å². The Hall–Kier alpha value is -0.980. The van der Waals surface area contributed by atoms with E-state index in [9.17, 15) is 0 Å². The van der Waals surface area contributed by atoms with Gasteiger partial charge in [-0.05, 0) is 44.3 Å². The molecule has 0 saturated carbocycles. The van der Waals surface area contributed by atoms with Crippen LogP contribution in [-0.2, 0) is 0 Å². The molecule has 0 aromatic heterocycles. The summed E-state index contributed by atoms with van der Waals surface area (Å²) in [6, 6.07) is 0. The third-order valence-corrected chi connectivity index (χ3v) is 3.76. The Kier molecular flexibility index (Phi) is 6.85. The summed E-state index contributed by atoms with van der Waals surface area (Å²) >= 11 is 0. The van der Waals surface area contributed by atoms with Crippen molar-refractivity contribution in [3.05, 3.63) is 35.1 Å². The van der Waals surface area contributed by atoms with Crippen molar-refractivity contribution < 1.29 is 0 Å². The largest absolute Gasteiger partial charge is 0.375 e. The van der Waals surface area contributed by atoms with Crippen molar-refractivity contribution in [3.63, 3.8) is 0 Å². The molecule has 1 heteroatoms. The average molecular weight is 247 g/mol. The van der Waals surface area contributed by atoms with Gasteiger partial charge in [0.15, 0.2) is 0 Å². The molecule has 1 rings (SSSR count). The van der Waals surface area contributed by atoms with E-state index in [2.05, 4.69) is 50.9 Å². The highest BCUT2D eigenvalue weighted by molar-refractivity contribution is 5.38. The highest BCUT2D eigenvalue weighted by atomic mass is 15.1. The molecule has 0 N–H and O–H groups in total. The van der Waals surface area contributed by atoms with E-state index in [1.54, 1.807) is 5.57 Å². The van der Waals surface area contributed by atoms with Crippen molar-refractivity contribution in [2.75, 3.05) is 13.6 Å². The Morgan fingerprint density at radius 2 is 1.94 bits per heavy atom. The lowest BCUT2D eigenvalue weighted by Gasteiger charge is -2.21. The van der Waals surface area contributed by atoms with Crippen LogP contribution in [0.15, 0.2) is 35.1 Å². The van der Waals surface area contributed by atoms with Crippen molar-refractivity contribution in [1.29, 1.82) is 0 Å². The number of hydrogen-bond donors (Lipinski definition) is 0. The molecule has 1 nitrogen and oxygen atoms in total. The Morgan fingerprint density at radius 1 is 1.17 bits per heavy atom. The fourth-order valence-corrected chi connectivity index (χ4v) is 2.33. The van der Waals surface area contributed by atoms with Gasteiger partial charge in [0.05, 0.1) is 0 Å². The second kappa shape index (κ2) is 8.18. The van der Waals surface area contributed by atoms with Gasteiger partial charge in [0.1, 0.15) is 0 Å². The monoisotopic (exact) mass is 247 g/mol. The van der Waals surface area contributed by atoms with E-state index in [1.165, 1.54) is 37.0 Å². The molecule has 0 amide bonds. The second-order valence-corrected chi connectivity index (χ2v) is 5.14. The van der Waals surface area contributed by atoms with Crippen LogP contribution in [0.25, 0.3) is 0 Å². The molecule has 0 radical (unpaired) electrons. The minimum absolute atomic E-state index is 1.08. The zero-order chi connectivity index (χ0) is 13.4. The van der Waals surface area contributed by atoms with Gasteiger partial charge in [-0.25, -0.2) is 0 Å². The summed E-state index contributed by atoms with van der Waals surface area (Å²) in [6.07, 6.45) is 14.6. The first-order valence-corrected chi connectivity index (χ1v) is 7.53. The Balaban J connectivity index is 2.92. The van der Waals surface area contributed by atoms with E-state index >= 15 is 0 Å². The molecule has 0 aliphatic heterocycles. The Morgan fingerprint density at radius 3 is 2.56 bits per heavy atom. The molecule has 102 valence electrons. The van der Waals surface area contributed by atoms with Crippen LogP contribution < -0.4 is 0 Å². The van der Waals surface area contributed by atoms with E-state index in [0.29, 0.717) is 0 Å². The lowest BCUT2D eigenvalue weighted by molar-refractivity contribution is 0.449. The SMILES string of the molecule is CCCCCC1=C(N(C)CC)C=C(CC)CC=C1. The lowest BCUT2D eigenvalue weighted by Crippen LogP contribution is -2.17. The number of hydrogen-bond acceptors (Lipinski definition) is 1. The van der Waals surface area contributed by atoms with Gasteiger partial charge in [-0.1, -0.05) is 44.4 Å². The molecule has 1 aliphatic carbocycles. The van der Waals surface area contributed by atoms with Gasteiger partial charge >= 0.3 is 0 Å². The average Bonchev–Trinajstić information content (AvgIpc) is 2.60. The summed E-state index contributed by atoms with van der Waals surface area (Å²) in [7, 11) is 2.21. The summed E-state index contributed by atoms with van der Waals surface area (Å²) in [6.45, 7) is 7.83. The normalized spacial score (nSPS) is 15.7. The number of nitrogens with zero attached hydrogens (tertiary/aromatic N) is 1. The minimum Gasteiger partial charge on any atom is -0.375 e. The molecular weight excluding hydrogens is 218 g/mol. The van der Waals surface area contributed by atoms with Gasteiger partial charge in [-0.2, -0.15) is 0 Å². The zero-order valence-electron chi connectivity index (χ0n) is 12.6. The quantitative estimate of drug-likeness (QED) is 0.568. The van der Waals surface area contributed by atoms with Gasteiger partial charge in [-0.15, -0.1) is 0 Å². The van der Waals surface area contributed by atoms with Crippen LogP contribution in [0.1, 0.15) is 59.3 Å². The lowest BCUT2D eigenvalue weighted by atomic mass is 10.0. The van der Waals surface area contributed by atoms with Crippen LogP contribution in [0.5, 0.6) is 0 Å². The van der Waals surface area contributed by atoms with Gasteiger partial charge in [0.2, 0.25) is 0 Å². The Bertz CT molecular complexity index is 334. The third-order valence-electron chi connectivity index (χ3n) is 3.76. The predicted octanol–water partition coefficient (Wildman–Crippen LogP) is 5.07. The molecule has 0 aromatic carbocycles. The maximum Gasteiger partial charge on any atom is 0.0395 e. The van der Waals surface area contributed by atoms with Gasteiger partial charge in [0.25, 0.3) is 0 Å². The molecule has 0 aromatic rings. The molecular formula is C17H29N. The highest BCUT2D eigenvalue weighted by Crippen LogP contribution is 2.25. The van der Waals surface area contributed by atoms with Crippen LogP contribution in [-0.4, -0.2) is 18.5 Å². The summed E-state index contributed by atoms with van der Waals surface area (Å²) < 4.78 is 0. The van der Waals surface area contributed by atoms with Crippen molar-refractivity contribution >= 4 is 0 Å². The minimum atomic E-state index is 1.08. The first kappa shape index (κ1) is 15.1. The topological polar surface area (TPSA) is 3.24 Å². The summed E-state index contributed by atoms with van der Waals surface area (Å²) in [5, 5.41) is 0. The first-order valence-electron chi connectivity index (χ1n) is 7.53. The summed E-state index contributed by atoms with van der Waals surface area (Å²) in [4.78, 5) is 2.38. The Labute approximate surface area is 113 Å². The fourth-order valence-electron chi connectivity index (χ4n) is 2.33. The molecule has 0 heterocycles. The summed E-state index contributed by atoms with van der Waals surface area (Å²) in [5.41, 5.74) is 4.52. The molecule has 0 saturated heterocycles. The van der Waals surface area contributed by atoms with Crippen LogP contribution in [0, 0.1) is 0 Å². The van der Waals surface area contributed by atoms with E-state index in [0.717, 1.165) is 19.4 Å². The molecule has 0 atom stereocenters. The molecule has 0 bridgehead atoms. The van der Waals surface area contributed by atoms with Crippen LogP contribution in [0.3, 0.4) is 0 Å². The smallest absolute Gasteiger partial charge is 0.0395 e. The van der Waals surface area contributed by atoms with E-state index < -0.39 is 0 Å². The van der Waals surface area contributed by atoms with Gasteiger partial charge in [-0.3, -0.25) is 0 Å². The van der Waals surface area contributed by atoms with E-state index in [1.807, 2.05) is 0 Å². The highest BCUT2D eigenvalue weighted by Gasteiger charge is 2.10. The van der Waals surface area contributed by atoms with Crippen molar-refractivity contribution in [2.45, 2.75) is 59.3 Å². The summed E-state index contributed by atoms with van der Waals surface area (Å²) in [5.74, 6) is 0. The van der Waals surface area contributed by atoms with E-state index in [-0.39, 0.29) is 0 Å². The standard InChI is InChI=1S/C17H29N/c1-5-8-9-12-16-13-10-11-15(6-2)14-17(16)18(4)7-3/h10,13-14H,5-9,11-12H2,1-4H3. The molecule has 0 spiro atoms. The van der Waals surface area contributed by atoms with Crippen molar-refractivity contribution in [1.82, 2.24) is 4.90 Å². The third kappa shape index (κ3) is 4.36. The maximum atomic E-state index is 2.42. The van der Waals surface area contributed by atoms with Crippen molar-refractivity contribution in [2.24, 2.45) is 0 Å². The maximum absolute atomic E-state index is 2.42. The van der Waals surface area contributed by atoms with Crippen LogP contribution in [0.4, 0.5) is 0 Å². The van der Waals surface area contributed by atoms with Crippen LogP contribution in [0.2, 0.25) is 0 Å². The fraction of sp³-hybridized carbons (Fsp3) is 0.647. The van der Waals surface area contributed by atoms with Crippen molar-refractivity contribution in [3.8, 4) is 0 Å². The number of likely N-dealkylation sites (N-methyl/N-ethyl adjacent to an activating group) is 1.